The third-order valence-corrected chi connectivity index (χ3v) is 5.93. The molecule has 2 heterocycles. The van der Waals surface area contributed by atoms with Gasteiger partial charge in [0, 0.05) is 0 Å². The van der Waals surface area contributed by atoms with Crippen LogP contribution in [0.1, 0.15) is 73.1 Å². The third-order valence-electron chi connectivity index (χ3n) is 5.93. The fourth-order valence-electron chi connectivity index (χ4n) is 3.76. The van der Waals surface area contributed by atoms with E-state index in [1.807, 2.05) is 0 Å². The first-order valence-corrected chi connectivity index (χ1v) is 9.04. The number of epoxide rings is 2. The highest BCUT2D eigenvalue weighted by molar-refractivity contribution is 5.20. The van der Waals surface area contributed by atoms with Crippen molar-refractivity contribution in [2.24, 2.45) is 5.92 Å². The largest absolute Gasteiger partial charge is 0.366 e. The van der Waals surface area contributed by atoms with Crippen LogP contribution in [0.2, 0.25) is 0 Å². The Kier molecular flexibility index (Phi) is 4.28. The lowest BCUT2D eigenvalue weighted by molar-refractivity contribution is 0.292. The molecular formula is C20H32O2. The number of allylic oxidation sites excluding steroid dienone is 3. The summed E-state index contributed by atoms with van der Waals surface area (Å²) in [5, 5.41) is 0. The molecule has 124 valence electrons. The van der Waals surface area contributed by atoms with Crippen molar-refractivity contribution < 1.29 is 9.47 Å². The number of ether oxygens (including phenoxy) is 2. The van der Waals surface area contributed by atoms with Gasteiger partial charge in [0.1, 0.15) is 6.10 Å². The molecule has 2 heteroatoms. The molecule has 2 saturated heterocycles. The van der Waals surface area contributed by atoms with Crippen molar-refractivity contribution in [2.45, 2.75) is 96.6 Å². The molecule has 0 saturated carbocycles. The maximum absolute atomic E-state index is 6.03. The monoisotopic (exact) mass is 304 g/mol. The van der Waals surface area contributed by atoms with Gasteiger partial charge in [-0.1, -0.05) is 37.1 Å². The fourth-order valence-corrected chi connectivity index (χ4v) is 3.76. The lowest BCUT2D eigenvalue weighted by Gasteiger charge is -2.14. The van der Waals surface area contributed by atoms with Crippen molar-refractivity contribution in [1.29, 1.82) is 0 Å². The number of rotatable bonds is 1. The van der Waals surface area contributed by atoms with E-state index < -0.39 is 0 Å². The first kappa shape index (κ1) is 16.3. The Bertz CT molecular complexity index is 490. The van der Waals surface area contributed by atoms with Crippen LogP contribution >= 0.6 is 0 Å². The van der Waals surface area contributed by atoms with Crippen molar-refractivity contribution in [2.75, 3.05) is 0 Å². The van der Waals surface area contributed by atoms with Gasteiger partial charge in [-0.3, -0.25) is 0 Å². The maximum Gasteiger partial charge on any atom is 0.105 e. The smallest absolute Gasteiger partial charge is 0.105 e. The average Bonchev–Trinajstić information content (AvgIpc) is 3.28. The zero-order valence-electron chi connectivity index (χ0n) is 14.9. The maximum atomic E-state index is 6.03. The summed E-state index contributed by atoms with van der Waals surface area (Å²) >= 11 is 0. The van der Waals surface area contributed by atoms with Crippen LogP contribution in [0.4, 0.5) is 0 Å². The van der Waals surface area contributed by atoms with E-state index in [4.69, 9.17) is 9.47 Å². The molecule has 0 aromatic carbocycles. The molecule has 2 aliphatic heterocycles. The van der Waals surface area contributed by atoms with Crippen molar-refractivity contribution in [1.82, 2.24) is 0 Å². The topological polar surface area (TPSA) is 25.1 Å². The Morgan fingerprint density at radius 1 is 1.09 bits per heavy atom. The van der Waals surface area contributed by atoms with Crippen LogP contribution in [-0.2, 0) is 9.47 Å². The first-order valence-electron chi connectivity index (χ1n) is 9.04. The SMILES string of the molecule is CC1=CCCC2(C)OC2C=C(C(C)C)CCC2(C)OC2CC1. The van der Waals surface area contributed by atoms with Gasteiger partial charge in [-0.25, -0.2) is 0 Å². The van der Waals surface area contributed by atoms with E-state index in [1.54, 1.807) is 5.57 Å². The Morgan fingerprint density at radius 2 is 1.86 bits per heavy atom. The highest BCUT2D eigenvalue weighted by atomic mass is 16.6. The van der Waals surface area contributed by atoms with Crippen molar-refractivity contribution in [3.63, 3.8) is 0 Å². The van der Waals surface area contributed by atoms with Crippen LogP contribution < -0.4 is 0 Å². The molecule has 0 aromatic heterocycles. The minimum atomic E-state index is 0.0730. The van der Waals surface area contributed by atoms with Gasteiger partial charge in [-0.05, 0) is 65.2 Å². The molecule has 0 aromatic rings. The number of fused-ring (bicyclic) bond motifs is 2. The number of hydrogen-bond donors (Lipinski definition) is 0. The van der Waals surface area contributed by atoms with E-state index in [-0.39, 0.29) is 11.2 Å². The molecule has 0 spiro atoms. The van der Waals surface area contributed by atoms with E-state index in [0.717, 1.165) is 25.7 Å². The van der Waals surface area contributed by atoms with Gasteiger partial charge in [0.05, 0.1) is 17.3 Å². The zero-order valence-corrected chi connectivity index (χ0v) is 14.9. The summed E-state index contributed by atoms with van der Waals surface area (Å²) in [6, 6.07) is 0. The molecule has 0 N–H and O–H groups in total. The normalized spacial score (nSPS) is 42.6. The second kappa shape index (κ2) is 5.79. The summed E-state index contributed by atoms with van der Waals surface area (Å²) in [7, 11) is 0. The first-order chi connectivity index (χ1) is 10.3. The molecule has 3 rings (SSSR count). The predicted octanol–water partition coefficient (Wildman–Crippen LogP) is 5.18. The molecule has 2 fully saturated rings. The van der Waals surface area contributed by atoms with E-state index in [2.05, 4.69) is 46.8 Å². The van der Waals surface area contributed by atoms with Gasteiger partial charge < -0.3 is 9.47 Å². The third kappa shape index (κ3) is 3.49. The zero-order chi connectivity index (χ0) is 16.0. The molecule has 0 amide bonds. The molecule has 22 heavy (non-hydrogen) atoms. The molecular weight excluding hydrogens is 272 g/mol. The minimum Gasteiger partial charge on any atom is -0.366 e. The quantitative estimate of drug-likeness (QED) is 0.492. The van der Waals surface area contributed by atoms with Crippen LogP contribution in [0.5, 0.6) is 0 Å². The van der Waals surface area contributed by atoms with Gasteiger partial charge in [-0.15, -0.1) is 0 Å². The summed E-state index contributed by atoms with van der Waals surface area (Å²) in [5.74, 6) is 0.601. The Balaban J connectivity index is 1.74. The molecule has 4 atom stereocenters. The summed E-state index contributed by atoms with van der Waals surface area (Å²) < 4.78 is 12.0. The van der Waals surface area contributed by atoms with Gasteiger partial charge in [0.25, 0.3) is 0 Å². The lowest BCUT2D eigenvalue weighted by Crippen LogP contribution is -2.13. The molecule has 0 bridgehead atoms. The van der Waals surface area contributed by atoms with E-state index in [1.165, 1.54) is 18.4 Å². The van der Waals surface area contributed by atoms with Crippen molar-refractivity contribution in [3.8, 4) is 0 Å². The number of hydrogen-bond acceptors (Lipinski definition) is 2. The summed E-state index contributed by atoms with van der Waals surface area (Å²) in [4.78, 5) is 0. The minimum absolute atomic E-state index is 0.0730. The fraction of sp³-hybridized carbons (Fsp3) is 0.800. The molecule has 2 nitrogen and oxygen atoms in total. The summed E-state index contributed by atoms with van der Waals surface area (Å²) in [5.41, 5.74) is 3.25. The molecule has 0 radical (unpaired) electrons. The Labute approximate surface area is 136 Å². The van der Waals surface area contributed by atoms with Gasteiger partial charge in [0.2, 0.25) is 0 Å². The predicted molar refractivity (Wildman–Crippen MR) is 90.9 cm³/mol. The van der Waals surface area contributed by atoms with Gasteiger partial charge in [-0.2, -0.15) is 0 Å². The lowest BCUT2D eigenvalue weighted by atomic mass is 9.88. The van der Waals surface area contributed by atoms with Crippen LogP contribution in [0.25, 0.3) is 0 Å². The highest BCUT2D eigenvalue weighted by Crippen LogP contribution is 2.46. The van der Waals surface area contributed by atoms with E-state index >= 15 is 0 Å². The second-order valence-electron chi connectivity index (χ2n) is 8.29. The Morgan fingerprint density at radius 3 is 2.59 bits per heavy atom. The van der Waals surface area contributed by atoms with Crippen LogP contribution in [0.3, 0.4) is 0 Å². The van der Waals surface area contributed by atoms with Gasteiger partial charge in [0.15, 0.2) is 0 Å². The van der Waals surface area contributed by atoms with Gasteiger partial charge >= 0.3 is 0 Å². The summed E-state index contributed by atoms with van der Waals surface area (Å²) in [6.07, 6.45) is 12.5. The average molecular weight is 304 g/mol. The van der Waals surface area contributed by atoms with Crippen LogP contribution in [0.15, 0.2) is 23.3 Å². The van der Waals surface area contributed by atoms with Crippen molar-refractivity contribution >= 4 is 0 Å². The van der Waals surface area contributed by atoms with Crippen LogP contribution in [-0.4, -0.2) is 23.4 Å². The standard InChI is InChI=1S/C20H32O2/c1-14(2)16-10-12-20(5)17(21-20)9-8-15(3)7-6-11-19(4)18(13-16)22-19/h7,13-14,17-18H,6,8-12H2,1-5H3. The molecule has 4 unspecified atom stereocenters. The summed E-state index contributed by atoms with van der Waals surface area (Å²) in [6.45, 7) is 11.4. The van der Waals surface area contributed by atoms with E-state index in [9.17, 15) is 0 Å². The second-order valence-corrected chi connectivity index (χ2v) is 8.29. The van der Waals surface area contributed by atoms with Crippen molar-refractivity contribution in [3.05, 3.63) is 23.3 Å². The molecule has 1 aliphatic carbocycles. The Hall–Kier alpha value is -0.600. The molecule has 3 aliphatic rings. The highest BCUT2D eigenvalue weighted by Gasteiger charge is 2.52. The van der Waals surface area contributed by atoms with Crippen LogP contribution in [0, 0.1) is 5.92 Å². The van der Waals surface area contributed by atoms with E-state index in [0.29, 0.717) is 18.1 Å².